The molecule has 2 unspecified atom stereocenters. The largest absolute Gasteiger partial charge is 0.377 e. The molecular formula is C10H12BrClOS. The van der Waals surface area contributed by atoms with Crippen LogP contribution in [0.15, 0.2) is 12.1 Å². The Hall–Kier alpha value is 0.430. The summed E-state index contributed by atoms with van der Waals surface area (Å²) in [6, 6.07) is 4.02. The van der Waals surface area contributed by atoms with Crippen LogP contribution in [0.1, 0.15) is 29.0 Å². The average Bonchev–Trinajstić information content (AvgIpc) is 2.65. The van der Waals surface area contributed by atoms with Crippen LogP contribution in [0, 0.1) is 0 Å². The van der Waals surface area contributed by atoms with E-state index >= 15 is 0 Å². The van der Waals surface area contributed by atoms with E-state index in [1.165, 1.54) is 17.7 Å². The van der Waals surface area contributed by atoms with Crippen molar-refractivity contribution in [3.05, 3.63) is 21.3 Å². The van der Waals surface area contributed by atoms with E-state index in [1.54, 1.807) is 11.3 Å². The van der Waals surface area contributed by atoms with E-state index in [1.807, 2.05) is 6.07 Å². The van der Waals surface area contributed by atoms with E-state index in [9.17, 15) is 0 Å². The molecule has 1 aliphatic rings. The van der Waals surface area contributed by atoms with E-state index in [-0.39, 0.29) is 0 Å². The first-order chi connectivity index (χ1) is 6.77. The van der Waals surface area contributed by atoms with Gasteiger partial charge in [0.15, 0.2) is 0 Å². The summed E-state index contributed by atoms with van der Waals surface area (Å²) in [6.07, 6.45) is 3.93. The normalized spacial score (nSPS) is 24.9. The van der Waals surface area contributed by atoms with Crippen molar-refractivity contribution < 1.29 is 4.74 Å². The van der Waals surface area contributed by atoms with Crippen molar-refractivity contribution in [2.24, 2.45) is 0 Å². The third kappa shape index (κ3) is 2.51. The van der Waals surface area contributed by atoms with E-state index in [2.05, 4.69) is 22.0 Å². The molecule has 0 N–H and O–H groups in total. The minimum absolute atomic E-state index is 0.306. The summed E-state index contributed by atoms with van der Waals surface area (Å²) in [4.78, 5) is 1.57. The zero-order chi connectivity index (χ0) is 9.97. The lowest BCUT2D eigenvalue weighted by atomic mass is 10.1. The maximum Gasteiger partial charge on any atom is 0.0931 e. The van der Waals surface area contributed by atoms with Gasteiger partial charge in [-0.1, -0.05) is 27.5 Å². The van der Waals surface area contributed by atoms with Crippen LogP contribution in [0.25, 0.3) is 0 Å². The quantitative estimate of drug-likeness (QED) is 0.735. The molecule has 0 amide bonds. The minimum Gasteiger partial charge on any atom is -0.377 e. The van der Waals surface area contributed by atoms with Gasteiger partial charge in [0, 0.05) is 11.5 Å². The number of thiophene rings is 1. The van der Waals surface area contributed by atoms with Crippen molar-refractivity contribution in [3.63, 3.8) is 0 Å². The maximum absolute atomic E-state index is 5.90. The number of hydrogen-bond donors (Lipinski definition) is 0. The SMILES string of the molecule is Clc1ccc(C(Br)C2CCCCO2)s1. The summed E-state index contributed by atoms with van der Waals surface area (Å²) in [5, 5.41) is 0. The molecule has 1 fully saturated rings. The zero-order valence-corrected chi connectivity index (χ0v) is 10.9. The van der Waals surface area contributed by atoms with Crippen LogP contribution < -0.4 is 0 Å². The molecule has 0 radical (unpaired) electrons. The van der Waals surface area contributed by atoms with Gasteiger partial charge in [-0.2, -0.15) is 0 Å². The number of halogens is 2. The fourth-order valence-electron chi connectivity index (χ4n) is 1.66. The summed E-state index contributed by atoms with van der Waals surface area (Å²) in [7, 11) is 0. The maximum atomic E-state index is 5.90. The number of alkyl halides is 1. The second-order valence-corrected chi connectivity index (χ2v) is 6.18. The van der Waals surface area contributed by atoms with Crippen molar-refractivity contribution in [3.8, 4) is 0 Å². The van der Waals surface area contributed by atoms with Gasteiger partial charge in [-0.25, -0.2) is 0 Å². The molecule has 1 aromatic rings. The monoisotopic (exact) mass is 294 g/mol. The lowest BCUT2D eigenvalue weighted by Gasteiger charge is -2.26. The van der Waals surface area contributed by atoms with Crippen molar-refractivity contribution in [2.75, 3.05) is 6.61 Å². The van der Waals surface area contributed by atoms with Gasteiger partial charge in [0.2, 0.25) is 0 Å². The number of hydrogen-bond acceptors (Lipinski definition) is 2. The Bertz CT molecular complexity index is 296. The lowest BCUT2D eigenvalue weighted by molar-refractivity contribution is 0.0165. The first-order valence-corrected chi connectivity index (χ1v) is 6.89. The van der Waals surface area contributed by atoms with Crippen LogP contribution in [0.4, 0.5) is 0 Å². The van der Waals surface area contributed by atoms with Gasteiger partial charge in [-0.15, -0.1) is 11.3 Å². The molecule has 0 spiro atoms. The molecule has 2 atom stereocenters. The Morgan fingerprint density at radius 3 is 2.93 bits per heavy atom. The predicted octanol–water partition coefficient (Wildman–Crippen LogP) is 4.41. The average molecular weight is 296 g/mol. The smallest absolute Gasteiger partial charge is 0.0931 e. The third-order valence-electron chi connectivity index (χ3n) is 2.41. The summed E-state index contributed by atoms with van der Waals surface area (Å²) in [6.45, 7) is 0.895. The highest BCUT2D eigenvalue weighted by Crippen LogP contribution is 2.38. The van der Waals surface area contributed by atoms with Crippen LogP contribution in [0.5, 0.6) is 0 Å². The van der Waals surface area contributed by atoms with Crippen molar-refractivity contribution in [1.29, 1.82) is 0 Å². The third-order valence-corrected chi connectivity index (χ3v) is 5.11. The Labute approximate surface area is 102 Å². The van der Waals surface area contributed by atoms with E-state index in [0.29, 0.717) is 10.9 Å². The molecule has 1 saturated heterocycles. The highest BCUT2D eigenvalue weighted by Gasteiger charge is 2.24. The Kier molecular flexibility index (Phi) is 3.88. The molecule has 4 heteroatoms. The van der Waals surface area contributed by atoms with Gasteiger partial charge in [-0.05, 0) is 31.4 Å². The van der Waals surface area contributed by atoms with Crippen molar-refractivity contribution in [2.45, 2.75) is 30.2 Å². The first kappa shape index (κ1) is 10.9. The standard InChI is InChI=1S/C10H12BrClOS/c11-10(7-3-1-2-6-13-7)8-4-5-9(12)14-8/h4-5,7,10H,1-3,6H2. The summed E-state index contributed by atoms with van der Waals surface area (Å²) >= 11 is 11.2. The fraction of sp³-hybridized carbons (Fsp3) is 0.600. The Morgan fingerprint density at radius 2 is 2.36 bits per heavy atom. The van der Waals surface area contributed by atoms with Crippen molar-refractivity contribution >= 4 is 38.9 Å². The van der Waals surface area contributed by atoms with Crippen LogP contribution in [-0.2, 0) is 4.74 Å². The molecule has 14 heavy (non-hydrogen) atoms. The summed E-state index contributed by atoms with van der Waals surface area (Å²) in [5.74, 6) is 0. The van der Waals surface area contributed by atoms with Crippen LogP contribution in [0.3, 0.4) is 0 Å². The van der Waals surface area contributed by atoms with Gasteiger partial charge in [-0.3, -0.25) is 0 Å². The molecule has 0 aromatic carbocycles. The molecule has 0 aliphatic carbocycles. The predicted molar refractivity (Wildman–Crippen MR) is 64.6 cm³/mol. The van der Waals surface area contributed by atoms with E-state index in [0.717, 1.165) is 17.4 Å². The molecular weight excluding hydrogens is 284 g/mol. The highest BCUT2D eigenvalue weighted by molar-refractivity contribution is 9.09. The number of rotatable bonds is 2. The summed E-state index contributed by atoms with van der Waals surface area (Å²) < 4.78 is 6.57. The molecule has 0 saturated carbocycles. The molecule has 1 aromatic heterocycles. The molecule has 2 heterocycles. The van der Waals surface area contributed by atoms with Gasteiger partial charge in [0.05, 0.1) is 15.3 Å². The minimum atomic E-state index is 0.306. The van der Waals surface area contributed by atoms with E-state index in [4.69, 9.17) is 16.3 Å². The van der Waals surface area contributed by atoms with Crippen molar-refractivity contribution in [1.82, 2.24) is 0 Å². The Morgan fingerprint density at radius 1 is 1.50 bits per heavy atom. The summed E-state index contributed by atoms with van der Waals surface area (Å²) in [5.41, 5.74) is 0. The lowest BCUT2D eigenvalue weighted by Crippen LogP contribution is -2.22. The molecule has 78 valence electrons. The van der Waals surface area contributed by atoms with E-state index < -0.39 is 0 Å². The second kappa shape index (κ2) is 4.97. The molecule has 1 aliphatic heterocycles. The van der Waals surface area contributed by atoms with Crippen LogP contribution in [-0.4, -0.2) is 12.7 Å². The van der Waals surface area contributed by atoms with Gasteiger partial charge in [0.1, 0.15) is 0 Å². The Balaban J connectivity index is 2.03. The van der Waals surface area contributed by atoms with Gasteiger partial charge in [0.25, 0.3) is 0 Å². The highest BCUT2D eigenvalue weighted by atomic mass is 79.9. The van der Waals surface area contributed by atoms with Gasteiger partial charge >= 0.3 is 0 Å². The molecule has 0 bridgehead atoms. The number of ether oxygens (including phenoxy) is 1. The van der Waals surface area contributed by atoms with Crippen LogP contribution >= 0.6 is 38.9 Å². The molecule has 1 nitrogen and oxygen atoms in total. The fourth-order valence-corrected chi connectivity index (χ4v) is 3.60. The second-order valence-electron chi connectivity index (χ2n) is 3.45. The topological polar surface area (TPSA) is 9.23 Å². The zero-order valence-electron chi connectivity index (χ0n) is 7.71. The van der Waals surface area contributed by atoms with Crippen LogP contribution in [0.2, 0.25) is 4.34 Å². The molecule has 2 rings (SSSR count). The van der Waals surface area contributed by atoms with Gasteiger partial charge < -0.3 is 4.74 Å². The first-order valence-electron chi connectivity index (χ1n) is 4.78.